The topological polar surface area (TPSA) is 121 Å². The van der Waals surface area contributed by atoms with Crippen molar-refractivity contribution in [1.29, 1.82) is 0 Å². The molecule has 124 valence electrons. The second kappa shape index (κ2) is 5.29. The molecule has 0 radical (unpaired) electrons. The van der Waals surface area contributed by atoms with Crippen LogP contribution < -0.4 is 16.0 Å². The van der Waals surface area contributed by atoms with Crippen LogP contribution in [0.4, 0.5) is 0 Å². The van der Waals surface area contributed by atoms with Gasteiger partial charge in [-0.15, -0.1) is 0 Å². The summed E-state index contributed by atoms with van der Waals surface area (Å²) in [6.45, 7) is 4.13. The van der Waals surface area contributed by atoms with Gasteiger partial charge in [-0.05, 0) is 38.5 Å². The van der Waals surface area contributed by atoms with E-state index in [1.165, 1.54) is 18.2 Å². The number of H-pyrrole nitrogens is 2. The Bertz CT molecular complexity index is 974. The smallest absolute Gasteiger partial charge is 0.326 e. The molecule has 0 saturated carbocycles. The second-order valence-corrected chi connectivity index (χ2v) is 7.74. The van der Waals surface area contributed by atoms with Gasteiger partial charge in [0.25, 0.3) is 5.56 Å². The monoisotopic (exact) mass is 339 g/mol. The Labute approximate surface area is 131 Å². The summed E-state index contributed by atoms with van der Waals surface area (Å²) in [6.07, 6.45) is 0.577. The van der Waals surface area contributed by atoms with Crippen LogP contribution in [0.5, 0.6) is 0 Å². The molecule has 1 aliphatic heterocycles. The summed E-state index contributed by atoms with van der Waals surface area (Å²) in [7, 11) is -3.81. The first-order valence-electron chi connectivity index (χ1n) is 7.12. The maximum Gasteiger partial charge on any atom is 0.326 e. The predicted octanol–water partition coefficient (Wildman–Crippen LogP) is 0.0622. The Hall–Kier alpha value is -1.97. The molecule has 3 rings (SSSR count). The summed E-state index contributed by atoms with van der Waals surface area (Å²) in [4.78, 5) is 27.5. The highest BCUT2D eigenvalue weighted by Crippen LogP contribution is 2.26. The largest absolute Gasteiger partial charge is 0.374 e. The van der Waals surface area contributed by atoms with Crippen LogP contribution in [-0.4, -0.2) is 36.6 Å². The lowest BCUT2D eigenvalue weighted by atomic mass is 10.0. The number of benzene rings is 1. The van der Waals surface area contributed by atoms with E-state index in [9.17, 15) is 18.0 Å². The molecule has 1 fully saturated rings. The minimum Gasteiger partial charge on any atom is -0.374 e. The van der Waals surface area contributed by atoms with Crippen LogP contribution in [0, 0.1) is 0 Å². The summed E-state index contributed by atoms with van der Waals surface area (Å²) >= 11 is 0. The van der Waals surface area contributed by atoms with Gasteiger partial charge in [-0.1, -0.05) is 0 Å². The van der Waals surface area contributed by atoms with Crippen molar-refractivity contribution in [2.45, 2.75) is 36.8 Å². The number of rotatable bonds is 3. The van der Waals surface area contributed by atoms with E-state index in [1.54, 1.807) is 0 Å². The highest BCUT2D eigenvalue weighted by Gasteiger charge is 2.38. The molecule has 1 unspecified atom stereocenters. The van der Waals surface area contributed by atoms with Gasteiger partial charge < -0.3 is 9.72 Å². The lowest BCUT2D eigenvalue weighted by Gasteiger charge is -2.26. The van der Waals surface area contributed by atoms with Crippen molar-refractivity contribution in [3.8, 4) is 0 Å². The van der Waals surface area contributed by atoms with Gasteiger partial charge in [-0.25, -0.2) is 17.9 Å². The SMILES string of the molecule is CC1(C)OCCC1NS(=O)(=O)c1ccc2[nH]c(=O)[nH]c(=O)c2c1. The molecule has 1 aliphatic rings. The van der Waals surface area contributed by atoms with E-state index in [-0.39, 0.29) is 21.8 Å². The summed E-state index contributed by atoms with van der Waals surface area (Å²) in [5, 5.41) is 0.106. The van der Waals surface area contributed by atoms with E-state index in [1.807, 2.05) is 13.8 Å². The molecule has 0 bridgehead atoms. The normalized spacial score (nSPS) is 20.9. The van der Waals surface area contributed by atoms with Gasteiger partial charge in [0.2, 0.25) is 10.0 Å². The Morgan fingerprint density at radius 3 is 2.65 bits per heavy atom. The van der Waals surface area contributed by atoms with Crippen LogP contribution in [0.2, 0.25) is 0 Å². The van der Waals surface area contributed by atoms with E-state index in [2.05, 4.69) is 14.7 Å². The third-order valence-electron chi connectivity index (χ3n) is 4.04. The average Bonchev–Trinajstić information content (AvgIpc) is 2.76. The molecular formula is C14H17N3O5S. The Kier molecular flexibility index (Phi) is 3.66. The van der Waals surface area contributed by atoms with Crippen molar-refractivity contribution in [2.24, 2.45) is 0 Å². The van der Waals surface area contributed by atoms with Gasteiger partial charge in [0.15, 0.2) is 0 Å². The highest BCUT2D eigenvalue weighted by molar-refractivity contribution is 7.89. The summed E-state index contributed by atoms with van der Waals surface area (Å²) in [5.74, 6) is 0. The van der Waals surface area contributed by atoms with Crippen molar-refractivity contribution in [3.63, 3.8) is 0 Å². The van der Waals surface area contributed by atoms with Crippen LogP contribution in [0.1, 0.15) is 20.3 Å². The first-order chi connectivity index (χ1) is 10.7. The van der Waals surface area contributed by atoms with Gasteiger partial charge in [-0.3, -0.25) is 9.78 Å². The van der Waals surface area contributed by atoms with Crippen LogP contribution in [0.25, 0.3) is 10.9 Å². The standard InChI is InChI=1S/C14H17N3O5S/c1-14(2)11(5-6-22-14)17-23(20,21)8-3-4-10-9(7-8)12(18)16-13(19)15-10/h3-4,7,11,17H,5-6H2,1-2H3,(H2,15,16,18,19). The molecule has 2 aromatic rings. The number of aromatic amines is 2. The molecule has 23 heavy (non-hydrogen) atoms. The molecule has 2 heterocycles. The first-order valence-corrected chi connectivity index (χ1v) is 8.60. The second-order valence-electron chi connectivity index (χ2n) is 6.03. The molecule has 1 atom stereocenters. The van der Waals surface area contributed by atoms with Crippen LogP contribution >= 0.6 is 0 Å². The predicted molar refractivity (Wildman–Crippen MR) is 83.9 cm³/mol. The quantitative estimate of drug-likeness (QED) is 0.730. The Morgan fingerprint density at radius 2 is 2.00 bits per heavy atom. The number of hydrogen-bond donors (Lipinski definition) is 3. The molecule has 9 heteroatoms. The van der Waals surface area contributed by atoms with Crippen molar-refractivity contribution in [3.05, 3.63) is 39.0 Å². The molecule has 3 N–H and O–H groups in total. The van der Waals surface area contributed by atoms with E-state index in [0.717, 1.165) is 0 Å². The zero-order valence-corrected chi connectivity index (χ0v) is 13.5. The van der Waals surface area contributed by atoms with Gasteiger partial charge in [0.1, 0.15) is 0 Å². The average molecular weight is 339 g/mol. The fourth-order valence-electron chi connectivity index (χ4n) is 2.66. The van der Waals surface area contributed by atoms with E-state index < -0.39 is 26.9 Å². The van der Waals surface area contributed by atoms with Crippen molar-refractivity contribution in [1.82, 2.24) is 14.7 Å². The van der Waals surface area contributed by atoms with Crippen LogP contribution in [-0.2, 0) is 14.8 Å². The minimum absolute atomic E-state index is 0.0368. The zero-order valence-electron chi connectivity index (χ0n) is 12.7. The molecule has 1 aromatic heterocycles. The number of hydrogen-bond acceptors (Lipinski definition) is 5. The first kappa shape index (κ1) is 15.9. The summed E-state index contributed by atoms with van der Waals surface area (Å²) in [5.41, 5.74) is -1.58. The van der Waals surface area contributed by atoms with Crippen molar-refractivity contribution < 1.29 is 13.2 Å². The van der Waals surface area contributed by atoms with Gasteiger partial charge in [0.05, 0.1) is 27.4 Å². The fourth-order valence-corrected chi connectivity index (χ4v) is 4.09. The number of fused-ring (bicyclic) bond motifs is 1. The number of sulfonamides is 1. The maximum absolute atomic E-state index is 12.5. The maximum atomic E-state index is 12.5. The molecule has 0 spiro atoms. The van der Waals surface area contributed by atoms with E-state index in [4.69, 9.17) is 4.74 Å². The minimum atomic E-state index is -3.81. The zero-order chi connectivity index (χ0) is 16.8. The lowest BCUT2D eigenvalue weighted by Crippen LogP contribution is -2.46. The molecule has 8 nitrogen and oxygen atoms in total. The Morgan fingerprint density at radius 1 is 1.26 bits per heavy atom. The van der Waals surface area contributed by atoms with Crippen LogP contribution in [0.15, 0.2) is 32.7 Å². The molecule has 0 amide bonds. The summed E-state index contributed by atoms with van der Waals surface area (Å²) < 4.78 is 33.2. The van der Waals surface area contributed by atoms with Gasteiger partial charge in [-0.2, -0.15) is 0 Å². The molecule has 1 saturated heterocycles. The lowest BCUT2D eigenvalue weighted by molar-refractivity contribution is 0.0256. The number of nitrogens with one attached hydrogen (secondary N) is 3. The van der Waals surface area contributed by atoms with Gasteiger partial charge >= 0.3 is 5.69 Å². The number of ether oxygens (including phenoxy) is 1. The Balaban J connectivity index is 2.02. The molecule has 0 aliphatic carbocycles. The van der Waals surface area contributed by atoms with E-state index in [0.29, 0.717) is 13.0 Å². The molecule has 1 aromatic carbocycles. The van der Waals surface area contributed by atoms with Crippen LogP contribution in [0.3, 0.4) is 0 Å². The number of aromatic nitrogens is 2. The third kappa shape index (κ3) is 2.94. The summed E-state index contributed by atoms with van der Waals surface area (Å²) in [6, 6.07) is 3.65. The fraction of sp³-hybridized carbons (Fsp3) is 0.429. The van der Waals surface area contributed by atoms with Crippen molar-refractivity contribution in [2.75, 3.05) is 6.61 Å². The van der Waals surface area contributed by atoms with Crippen molar-refractivity contribution >= 4 is 20.9 Å². The van der Waals surface area contributed by atoms with Gasteiger partial charge in [0, 0.05) is 6.61 Å². The van der Waals surface area contributed by atoms with E-state index >= 15 is 0 Å². The highest BCUT2D eigenvalue weighted by atomic mass is 32.2. The molecular weight excluding hydrogens is 322 g/mol. The third-order valence-corrected chi connectivity index (χ3v) is 5.51.